The van der Waals surface area contributed by atoms with Crippen LogP contribution in [0.25, 0.3) is 11.3 Å². The van der Waals surface area contributed by atoms with Crippen LogP contribution in [0.3, 0.4) is 0 Å². The van der Waals surface area contributed by atoms with Gasteiger partial charge in [0.2, 0.25) is 0 Å². The number of hydrogen-bond acceptors (Lipinski definition) is 7. The van der Waals surface area contributed by atoms with E-state index < -0.39 is 30.0 Å². The van der Waals surface area contributed by atoms with Gasteiger partial charge in [-0.3, -0.25) is 19.7 Å². The molecule has 2 heterocycles. The molecule has 2 amide bonds. The Bertz CT molecular complexity index is 1120. The number of carbonyl (C=O) groups excluding carboxylic acids is 3. The average molecular weight is 437 g/mol. The lowest BCUT2D eigenvalue weighted by Gasteiger charge is -2.25. The number of rotatable bonds is 6. The normalized spacial score (nSPS) is 15.8. The minimum atomic E-state index is -1.06. The van der Waals surface area contributed by atoms with Gasteiger partial charge in [0, 0.05) is 10.9 Å². The van der Waals surface area contributed by atoms with Crippen LogP contribution in [0, 0.1) is 0 Å². The Hall–Kier alpha value is -3.72. The van der Waals surface area contributed by atoms with Crippen LogP contribution < -0.4 is 15.4 Å². The van der Waals surface area contributed by atoms with Gasteiger partial charge in [0.1, 0.15) is 5.75 Å². The summed E-state index contributed by atoms with van der Waals surface area (Å²) in [6, 6.07) is 16.5. The fraction of sp³-hybridized carbons (Fsp3) is 0.182. The molecule has 0 aliphatic carbocycles. The lowest BCUT2D eigenvalue weighted by Crippen LogP contribution is -2.40. The molecule has 0 spiro atoms. The third kappa shape index (κ3) is 4.89. The molecule has 3 aromatic rings. The predicted octanol–water partition coefficient (Wildman–Crippen LogP) is 3.47. The van der Waals surface area contributed by atoms with Gasteiger partial charge in [-0.15, -0.1) is 11.3 Å². The Morgan fingerprint density at radius 1 is 1.19 bits per heavy atom. The van der Waals surface area contributed by atoms with Gasteiger partial charge in [0.05, 0.1) is 17.8 Å². The van der Waals surface area contributed by atoms with Gasteiger partial charge in [0.25, 0.3) is 11.8 Å². The molecule has 158 valence electrons. The van der Waals surface area contributed by atoms with E-state index in [9.17, 15) is 14.4 Å². The second kappa shape index (κ2) is 8.97. The summed E-state index contributed by atoms with van der Waals surface area (Å²) >= 11 is 1.27. The summed E-state index contributed by atoms with van der Waals surface area (Å²) in [6.45, 7) is 1.45. The third-order valence-electron chi connectivity index (χ3n) is 4.54. The van der Waals surface area contributed by atoms with Crippen molar-refractivity contribution < 1.29 is 23.9 Å². The lowest BCUT2D eigenvalue weighted by molar-refractivity contribution is -0.155. The van der Waals surface area contributed by atoms with E-state index in [2.05, 4.69) is 15.6 Å². The molecule has 9 heteroatoms. The van der Waals surface area contributed by atoms with Crippen molar-refractivity contribution in [2.24, 2.45) is 0 Å². The Morgan fingerprint density at radius 3 is 2.74 bits per heavy atom. The molecule has 0 unspecified atom stereocenters. The number of thiazole rings is 1. The molecule has 0 radical (unpaired) electrons. The van der Waals surface area contributed by atoms with E-state index >= 15 is 0 Å². The number of benzene rings is 2. The van der Waals surface area contributed by atoms with Crippen molar-refractivity contribution in [1.82, 2.24) is 4.98 Å². The molecule has 2 N–H and O–H groups in total. The standard InChI is InChI=1S/C22H19N3O5S/c1-13(20(27)25-22-24-16(12-31-22)14-7-3-2-4-8-14)29-19(26)11-18-21(28)23-15-9-5-6-10-17(15)30-18/h2-10,12-13,18H,11H2,1H3,(H,23,28)(H,24,25,27)/t13-,18+/m0/s1. The number of fused-ring (bicyclic) bond motifs is 1. The molecule has 2 aromatic carbocycles. The zero-order valence-corrected chi connectivity index (χ0v) is 17.3. The number of nitrogens with one attached hydrogen (secondary N) is 2. The number of para-hydroxylation sites is 2. The zero-order chi connectivity index (χ0) is 21.8. The average Bonchev–Trinajstić information content (AvgIpc) is 3.23. The van der Waals surface area contributed by atoms with Crippen molar-refractivity contribution in [3.63, 3.8) is 0 Å². The maximum Gasteiger partial charge on any atom is 0.310 e. The zero-order valence-electron chi connectivity index (χ0n) is 16.5. The van der Waals surface area contributed by atoms with Gasteiger partial charge in [-0.2, -0.15) is 0 Å². The molecule has 1 aromatic heterocycles. The minimum absolute atomic E-state index is 0.312. The SMILES string of the molecule is C[C@H](OC(=O)C[C@H]1Oc2ccccc2NC1=O)C(=O)Nc1nc(-c2ccccc2)cs1. The highest BCUT2D eigenvalue weighted by molar-refractivity contribution is 7.14. The summed E-state index contributed by atoms with van der Waals surface area (Å²) in [5.41, 5.74) is 2.22. The highest BCUT2D eigenvalue weighted by Crippen LogP contribution is 2.30. The first-order valence-corrected chi connectivity index (χ1v) is 10.5. The minimum Gasteiger partial charge on any atom is -0.478 e. The van der Waals surface area contributed by atoms with Crippen LogP contribution in [0.15, 0.2) is 60.0 Å². The Balaban J connectivity index is 1.30. The van der Waals surface area contributed by atoms with Crippen LogP contribution >= 0.6 is 11.3 Å². The number of carbonyl (C=O) groups is 3. The van der Waals surface area contributed by atoms with Crippen molar-refractivity contribution in [1.29, 1.82) is 0 Å². The molecule has 4 rings (SSSR count). The summed E-state index contributed by atoms with van der Waals surface area (Å²) < 4.78 is 10.8. The Morgan fingerprint density at radius 2 is 1.94 bits per heavy atom. The summed E-state index contributed by atoms with van der Waals surface area (Å²) in [7, 11) is 0. The number of hydrogen-bond donors (Lipinski definition) is 2. The van der Waals surface area contributed by atoms with Gasteiger partial charge in [-0.25, -0.2) is 4.98 Å². The molecular weight excluding hydrogens is 418 g/mol. The smallest absolute Gasteiger partial charge is 0.310 e. The van der Waals surface area contributed by atoms with Crippen molar-refractivity contribution >= 4 is 39.9 Å². The summed E-state index contributed by atoms with van der Waals surface area (Å²) in [6.07, 6.45) is -2.40. The molecule has 2 atom stereocenters. The number of aromatic nitrogens is 1. The third-order valence-corrected chi connectivity index (χ3v) is 5.30. The monoisotopic (exact) mass is 437 g/mol. The number of ether oxygens (including phenoxy) is 2. The topological polar surface area (TPSA) is 107 Å². The maximum atomic E-state index is 12.4. The van der Waals surface area contributed by atoms with Crippen molar-refractivity contribution in [2.45, 2.75) is 25.6 Å². The summed E-state index contributed by atoms with van der Waals surface area (Å²) in [4.78, 5) is 41.2. The van der Waals surface area contributed by atoms with Crippen LogP contribution in [0.4, 0.5) is 10.8 Å². The van der Waals surface area contributed by atoms with Crippen LogP contribution in [0.1, 0.15) is 13.3 Å². The van der Waals surface area contributed by atoms with Gasteiger partial charge >= 0.3 is 5.97 Å². The molecule has 0 bridgehead atoms. The predicted molar refractivity (Wildman–Crippen MR) is 116 cm³/mol. The van der Waals surface area contributed by atoms with E-state index in [4.69, 9.17) is 9.47 Å². The number of nitrogens with zero attached hydrogens (tertiary/aromatic N) is 1. The summed E-state index contributed by atoms with van der Waals surface area (Å²) in [5, 5.41) is 7.56. The molecule has 1 aliphatic rings. The molecule has 0 saturated heterocycles. The van der Waals surface area contributed by atoms with E-state index in [1.54, 1.807) is 24.3 Å². The van der Waals surface area contributed by atoms with E-state index in [1.165, 1.54) is 18.3 Å². The maximum absolute atomic E-state index is 12.4. The van der Waals surface area contributed by atoms with E-state index in [0.29, 0.717) is 16.6 Å². The van der Waals surface area contributed by atoms with Crippen molar-refractivity contribution in [3.05, 3.63) is 60.0 Å². The van der Waals surface area contributed by atoms with Crippen molar-refractivity contribution in [2.75, 3.05) is 10.6 Å². The van der Waals surface area contributed by atoms with Gasteiger partial charge < -0.3 is 14.8 Å². The highest BCUT2D eigenvalue weighted by Gasteiger charge is 2.31. The summed E-state index contributed by atoms with van der Waals surface area (Å²) in [5.74, 6) is -1.19. The molecule has 0 fully saturated rings. The van der Waals surface area contributed by atoms with Gasteiger partial charge in [-0.05, 0) is 19.1 Å². The largest absolute Gasteiger partial charge is 0.478 e. The van der Waals surface area contributed by atoms with E-state index in [1.807, 2.05) is 35.7 Å². The fourth-order valence-electron chi connectivity index (χ4n) is 2.96. The Labute approximate surface area is 182 Å². The van der Waals surface area contributed by atoms with Crippen LogP contribution in [0.5, 0.6) is 5.75 Å². The van der Waals surface area contributed by atoms with E-state index in [-0.39, 0.29) is 6.42 Å². The first kappa shape index (κ1) is 20.5. The molecule has 0 saturated carbocycles. The Kier molecular flexibility index (Phi) is 5.94. The van der Waals surface area contributed by atoms with Crippen LogP contribution in [-0.2, 0) is 19.1 Å². The second-order valence-corrected chi connectivity index (χ2v) is 7.68. The molecule has 31 heavy (non-hydrogen) atoms. The van der Waals surface area contributed by atoms with Crippen LogP contribution in [-0.4, -0.2) is 35.0 Å². The molecule has 8 nitrogen and oxygen atoms in total. The highest BCUT2D eigenvalue weighted by atomic mass is 32.1. The van der Waals surface area contributed by atoms with Crippen molar-refractivity contribution in [3.8, 4) is 17.0 Å². The van der Waals surface area contributed by atoms with E-state index in [0.717, 1.165) is 11.3 Å². The number of anilines is 2. The second-order valence-electron chi connectivity index (χ2n) is 6.82. The van der Waals surface area contributed by atoms with Gasteiger partial charge in [0.15, 0.2) is 17.3 Å². The van der Waals surface area contributed by atoms with Gasteiger partial charge in [-0.1, -0.05) is 42.5 Å². The lowest BCUT2D eigenvalue weighted by atomic mass is 10.1. The quantitative estimate of drug-likeness (QED) is 0.572. The van der Waals surface area contributed by atoms with Crippen LogP contribution in [0.2, 0.25) is 0 Å². The number of esters is 1. The molecular formula is C22H19N3O5S. The first-order chi connectivity index (χ1) is 15.0. The number of amides is 2. The first-order valence-electron chi connectivity index (χ1n) is 9.57. The molecule has 1 aliphatic heterocycles. The fourth-order valence-corrected chi connectivity index (χ4v) is 3.68.